The van der Waals surface area contributed by atoms with Crippen molar-refractivity contribution in [2.24, 2.45) is 0 Å². The minimum atomic E-state index is 1.13. The molecule has 0 aliphatic carbocycles. The molecule has 0 amide bonds. The molecule has 3 heteroatoms. The van der Waals surface area contributed by atoms with Gasteiger partial charge in [-0.25, -0.2) is 0 Å². The van der Waals surface area contributed by atoms with Gasteiger partial charge in [-0.05, 0) is 83.5 Å². The zero-order valence-corrected chi connectivity index (χ0v) is 24.8. The van der Waals surface area contributed by atoms with Crippen molar-refractivity contribution in [2.75, 3.05) is 9.80 Å². The van der Waals surface area contributed by atoms with Gasteiger partial charge in [0.05, 0.1) is 11.4 Å². The van der Waals surface area contributed by atoms with Crippen LogP contribution in [0.1, 0.15) is 0 Å². The minimum absolute atomic E-state index is 1.13. The van der Waals surface area contributed by atoms with Gasteiger partial charge in [0.1, 0.15) is 0 Å². The third kappa shape index (κ3) is 4.99. The Morgan fingerprint density at radius 1 is 0.289 bits per heavy atom. The van der Waals surface area contributed by atoms with Crippen LogP contribution in [0.2, 0.25) is 0 Å². The molecule has 0 unspecified atom stereocenters. The van der Waals surface area contributed by atoms with Gasteiger partial charge in [-0.3, -0.25) is 0 Å². The summed E-state index contributed by atoms with van der Waals surface area (Å²) in [6.07, 6.45) is 0. The maximum atomic E-state index is 5.25. The summed E-state index contributed by atoms with van der Waals surface area (Å²) in [6.45, 7) is 0. The number of hydrogen-bond acceptors (Lipinski definition) is 2. The number of hydrogen-bond donors (Lipinski definition) is 0. The molecular formula is C42H31BN2. The standard InChI is InChI=1S/C42H30N2.BH/c1-5-17-31(18-6-1)43(32-19-7-2-8-20-32)41-29-39-36-26-14-16-28-38(36)42(30-40(39)35-25-13-15-27-37(35)41)44(33-21-9-3-10-22-33)34-23-11-4-12-24-34;/h1-30H;1H/i;1D. The van der Waals surface area contributed by atoms with E-state index < -0.39 is 0 Å². The summed E-state index contributed by atoms with van der Waals surface area (Å²) in [5.74, 6) is 0. The quantitative estimate of drug-likeness (QED) is 0.144. The third-order valence-corrected chi connectivity index (χ3v) is 8.38. The van der Waals surface area contributed by atoms with Gasteiger partial charge in [0.2, 0.25) is 0 Å². The van der Waals surface area contributed by atoms with Crippen molar-refractivity contribution in [2.45, 2.75) is 0 Å². The van der Waals surface area contributed by atoms with E-state index in [0.717, 1.165) is 34.1 Å². The molecule has 0 aliphatic rings. The van der Waals surface area contributed by atoms with Crippen LogP contribution in [0.5, 0.6) is 0 Å². The highest BCUT2D eigenvalue weighted by atomic mass is 15.1. The lowest BCUT2D eigenvalue weighted by molar-refractivity contribution is 1.30. The molecule has 0 saturated heterocycles. The molecule has 8 rings (SSSR count). The molecule has 8 aromatic carbocycles. The number of benzene rings is 8. The van der Waals surface area contributed by atoms with Gasteiger partial charge in [-0.1, -0.05) is 121 Å². The fourth-order valence-corrected chi connectivity index (χ4v) is 6.45. The summed E-state index contributed by atoms with van der Waals surface area (Å²) in [4.78, 5) is 4.76. The summed E-state index contributed by atoms with van der Waals surface area (Å²) < 4.78 is 5.25. The predicted molar refractivity (Wildman–Crippen MR) is 195 cm³/mol. The van der Waals surface area contributed by atoms with Gasteiger partial charge in [0, 0.05) is 41.9 Å². The van der Waals surface area contributed by atoms with Crippen LogP contribution >= 0.6 is 0 Å². The average molecular weight is 576 g/mol. The van der Waals surface area contributed by atoms with Crippen molar-refractivity contribution in [3.8, 4) is 0 Å². The highest BCUT2D eigenvalue weighted by molar-refractivity contribution is 6.24. The van der Waals surface area contributed by atoms with Crippen molar-refractivity contribution < 1.29 is 0 Å². The van der Waals surface area contributed by atoms with Crippen molar-refractivity contribution in [1.82, 2.24) is 0 Å². The first-order valence-corrected chi connectivity index (χ1v) is 15.0. The summed E-state index contributed by atoms with van der Waals surface area (Å²) in [5.41, 5.74) is 6.83. The predicted octanol–water partition coefficient (Wildman–Crippen LogP) is 11.4. The normalized spacial score (nSPS) is 11.1. The second-order valence-corrected chi connectivity index (χ2v) is 11.0. The smallest absolute Gasteiger partial charge is 0.0546 e. The van der Waals surface area contributed by atoms with Gasteiger partial charge in [0.25, 0.3) is 0 Å². The van der Waals surface area contributed by atoms with Crippen LogP contribution < -0.4 is 9.80 Å². The summed E-state index contributed by atoms with van der Waals surface area (Å²) >= 11 is 0. The van der Waals surface area contributed by atoms with Crippen LogP contribution in [0, 0.1) is 0 Å². The summed E-state index contributed by atoms with van der Waals surface area (Å²) in [7, 11) is 3.75. The SMILES string of the molecule is [2H][B].c1ccc(N(c2ccccc2)c2cc3c4ccccc4c(N(c4ccccc4)c4ccccc4)cc3c3ccccc23)cc1. The Morgan fingerprint density at radius 3 is 0.822 bits per heavy atom. The minimum Gasteiger partial charge on any atom is -0.310 e. The number of para-hydroxylation sites is 4. The number of nitrogens with zero attached hydrogens (tertiary/aromatic N) is 2. The molecule has 2 radical (unpaired) electrons. The lowest BCUT2D eigenvalue weighted by Gasteiger charge is -2.29. The molecule has 0 spiro atoms. The van der Waals surface area contributed by atoms with Gasteiger partial charge in [-0.15, -0.1) is 0 Å². The van der Waals surface area contributed by atoms with E-state index in [4.69, 9.17) is 1.34 Å². The van der Waals surface area contributed by atoms with Crippen LogP contribution in [0.15, 0.2) is 182 Å². The maximum Gasteiger partial charge on any atom is 0.0546 e. The molecule has 0 bridgehead atoms. The topological polar surface area (TPSA) is 6.48 Å². The van der Waals surface area contributed by atoms with Gasteiger partial charge < -0.3 is 9.80 Å². The van der Waals surface area contributed by atoms with Gasteiger partial charge in [-0.2, -0.15) is 0 Å². The van der Waals surface area contributed by atoms with E-state index >= 15 is 0 Å². The highest BCUT2D eigenvalue weighted by Crippen LogP contribution is 2.47. The average Bonchev–Trinajstić information content (AvgIpc) is 3.15. The molecular weight excluding hydrogens is 543 g/mol. The zero-order chi connectivity index (χ0) is 31.3. The molecule has 0 heterocycles. The Labute approximate surface area is 267 Å². The Kier molecular flexibility index (Phi) is 7.19. The number of fused-ring (bicyclic) bond motifs is 5. The lowest BCUT2D eigenvalue weighted by atomic mass is 9.93. The van der Waals surface area contributed by atoms with Gasteiger partial charge >= 0.3 is 0 Å². The van der Waals surface area contributed by atoms with Crippen molar-refractivity contribution in [3.63, 3.8) is 0 Å². The molecule has 8 aromatic rings. The maximum absolute atomic E-state index is 5.25. The first-order valence-electron chi connectivity index (χ1n) is 15.6. The van der Waals surface area contributed by atoms with Crippen molar-refractivity contribution in [3.05, 3.63) is 182 Å². The van der Waals surface area contributed by atoms with E-state index in [2.05, 4.69) is 200 Å². The molecule has 0 aromatic heterocycles. The lowest BCUT2D eigenvalue weighted by Crippen LogP contribution is -2.11. The monoisotopic (exact) mass is 575 g/mol. The summed E-state index contributed by atoms with van der Waals surface area (Å²) in [5, 5.41) is 7.33. The fraction of sp³-hybridized carbons (Fsp3) is 0. The largest absolute Gasteiger partial charge is 0.310 e. The Bertz CT molecular complexity index is 1980. The molecule has 0 fully saturated rings. The highest BCUT2D eigenvalue weighted by Gasteiger charge is 2.21. The molecule has 45 heavy (non-hydrogen) atoms. The second-order valence-electron chi connectivity index (χ2n) is 11.0. The Hall–Kier alpha value is -5.80. The molecule has 0 atom stereocenters. The van der Waals surface area contributed by atoms with Crippen LogP contribution in [0.4, 0.5) is 34.1 Å². The van der Waals surface area contributed by atoms with Crippen LogP contribution in [-0.2, 0) is 0 Å². The first-order chi connectivity index (χ1) is 22.9. The fourth-order valence-electron chi connectivity index (χ4n) is 6.45. The van der Waals surface area contributed by atoms with E-state index in [1.807, 2.05) is 0 Å². The zero-order valence-electron chi connectivity index (χ0n) is 25.8. The van der Waals surface area contributed by atoms with Crippen molar-refractivity contribution >= 4 is 74.8 Å². The molecule has 2 nitrogen and oxygen atoms in total. The second kappa shape index (κ2) is 12.1. The van der Waals surface area contributed by atoms with E-state index in [1.165, 1.54) is 32.3 Å². The van der Waals surface area contributed by atoms with E-state index in [0.29, 0.717) is 0 Å². The van der Waals surface area contributed by atoms with E-state index in [9.17, 15) is 0 Å². The van der Waals surface area contributed by atoms with Crippen molar-refractivity contribution in [1.29, 1.82) is 1.34 Å². The Balaban J connectivity index is 0.00000166. The van der Waals surface area contributed by atoms with E-state index in [1.54, 1.807) is 0 Å². The van der Waals surface area contributed by atoms with Crippen LogP contribution in [0.25, 0.3) is 32.3 Å². The van der Waals surface area contributed by atoms with Crippen LogP contribution in [0.3, 0.4) is 0 Å². The van der Waals surface area contributed by atoms with Gasteiger partial charge in [0.15, 0.2) is 0 Å². The number of anilines is 6. The number of rotatable bonds is 6. The Morgan fingerprint density at radius 2 is 0.533 bits per heavy atom. The molecule has 0 aliphatic heterocycles. The molecule has 0 saturated carbocycles. The van der Waals surface area contributed by atoms with Crippen LogP contribution in [-0.4, -0.2) is 9.71 Å². The van der Waals surface area contributed by atoms with E-state index in [-0.39, 0.29) is 0 Å². The first kappa shape index (κ1) is 26.8. The molecule has 212 valence electrons. The summed E-state index contributed by atoms with van der Waals surface area (Å²) in [6, 6.07) is 65.1. The third-order valence-electron chi connectivity index (χ3n) is 8.38. The molecule has 0 N–H and O–H groups in total.